The minimum absolute atomic E-state index is 0.346. The van der Waals surface area contributed by atoms with Gasteiger partial charge >= 0.3 is 12.2 Å². The number of alkyl carbamates (subject to hydrolysis) is 2. The van der Waals surface area contributed by atoms with Gasteiger partial charge in [0.2, 0.25) is 0 Å². The van der Waals surface area contributed by atoms with E-state index in [-0.39, 0.29) is 0 Å². The van der Waals surface area contributed by atoms with Gasteiger partial charge in [0.25, 0.3) is 0 Å². The molecule has 0 spiro atoms. The van der Waals surface area contributed by atoms with Crippen molar-refractivity contribution in [3.63, 3.8) is 0 Å². The molecule has 0 aliphatic carbocycles. The number of rotatable bonds is 6. The minimum atomic E-state index is -0.417. The van der Waals surface area contributed by atoms with Gasteiger partial charge in [0, 0.05) is 13.1 Å². The van der Waals surface area contributed by atoms with Crippen molar-refractivity contribution in [1.82, 2.24) is 10.6 Å². The molecule has 2 amide bonds. The Balaban J connectivity index is 3.40. The van der Waals surface area contributed by atoms with Crippen LogP contribution in [0.1, 0.15) is 19.8 Å². The third-order valence-corrected chi connectivity index (χ3v) is 2.11. The molecule has 16 heavy (non-hydrogen) atoms. The second-order valence-corrected chi connectivity index (χ2v) is 3.54. The zero-order chi connectivity index (χ0) is 12.4. The maximum atomic E-state index is 10.8. The number of nitrogens with one attached hydrogen (secondary N) is 2. The summed E-state index contributed by atoms with van der Waals surface area (Å²) >= 11 is 0. The fourth-order valence-electron chi connectivity index (χ4n) is 1.14. The van der Waals surface area contributed by atoms with Crippen molar-refractivity contribution in [2.75, 3.05) is 27.3 Å². The molecule has 0 heterocycles. The van der Waals surface area contributed by atoms with E-state index >= 15 is 0 Å². The fraction of sp³-hybridized carbons (Fsp3) is 0.800. The van der Waals surface area contributed by atoms with Crippen LogP contribution in [-0.4, -0.2) is 39.5 Å². The molecular weight excluding hydrogens is 212 g/mol. The smallest absolute Gasteiger partial charge is 0.406 e. The van der Waals surface area contributed by atoms with Crippen LogP contribution in [0.5, 0.6) is 0 Å². The van der Waals surface area contributed by atoms with E-state index in [9.17, 15) is 9.59 Å². The van der Waals surface area contributed by atoms with Crippen molar-refractivity contribution in [2.45, 2.75) is 19.8 Å². The first-order valence-electron chi connectivity index (χ1n) is 5.23. The maximum Gasteiger partial charge on any atom is 0.406 e. The first kappa shape index (κ1) is 14.5. The Morgan fingerprint density at radius 3 is 2.25 bits per heavy atom. The highest BCUT2D eigenvalue weighted by Gasteiger charge is 2.05. The summed E-state index contributed by atoms with van der Waals surface area (Å²) in [4.78, 5) is 21.5. The van der Waals surface area contributed by atoms with Crippen LogP contribution in [0.3, 0.4) is 0 Å². The quantitative estimate of drug-likeness (QED) is 0.673. The molecule has 2 N–H and O–H groups in total. The SMILES string of the molecule is COC(=O)NCCCC(C)CNC(=O)OC. The van der Waals surface area contributed by atoms with E-state index in [0.717, 1.165) is 12.8 Å². The molecule has 0 fully saturated rings. The van der Waals surface area contributed by atoms with Crippen LogP contribution in [0, 0.1) is 5.92 Å². The summed E-state index contributed by atoms with van der Waals surface area (Å²) < 4.78 is 8.88. The predicted octanol–water partition coefficient (Wildman–Crippen LogP) is 1.11. The Morgan fingerprint density at radius 2 is 1.69 bits per heavy atom. The lowest BCUT2D eigenvalue weighted by Crippen LogP contribution is -2.29. The lowest BCUT2D eigenvalue weighted by atomic mass is 10.1. The summed E-state index contributed by atoms with van der Waals surface area (Å²) in [6.45, 7) is 3.17. The van der Waals surface area contributed by atoms with Gasteiger partial charge in [-0.15, -0.1) is 0 Å². The Kier molecular flexibility index (Phi) is 8.01. The molecule has 0 aromatic heterocycles. The number of carbonyl (C=O) groups is 2. The van der Waals surface area contributed by atoms with Gasteiger partial charge in [-0.3, -0.25) is 0 Å². The molecule has 0 aromatic carbocycles. The second-order valence-electron chi connectivity index (χ2n) is 3.54. The molecule has 94 valence electrons. The number of hydrogen-bond acceptors (Lipinski definition) is 4. The number of carbonyl (C=O) groups excluding carboxylic acids is 2. The molecule has 0 saturated carbocycles. The summed E-state index contributed by atoms with van der Waals surface area (Å²) in [5.74, 6) is 0.346. The van der Waals surface area contributed by atoms with Gasteiger partial charge in [-0.25, -0.2) is 9.59 Å². The topological polar surface area (TPSA) is 76.7 Å². The normalized spacial score (nSPS) is 11.4. The first-order chi connectivity index (χ1) is 7.60. The Bertz CT molecular complexity index is 221. The average Bonchev–Trinajstić information content (AvgIpc) is 2.31. The van der Waals surface area contributed by atoms with Crippen LogP contribution in [0.2, 0.25) is 0 Å². The summed E-state index contributed by atoms with van der Waals surface area (Å²) in [5.41, 5.74) is 0. The van der Waals surface area contributed by atoms with Gasteiger partial charge in [-0.1, -0.05) is 6.92 Å². The standard InChI is InChI=1S/C10H20N2O4/c1-8(7-12-10(14)16-3)5-4-6-11-9(13)15-2/h8H,4-7H2,1-3H3,(H,11,13)(H,12,14). The number of ether oxygens (including phenoxy) is 2. The molecule has 6 nitrogen and oxygen atoms in total. The molecule has 0 radical (unpaired) electrons. The van der Waals surface area contributed by atoms with E-state index in [1.165, 1.54) is 14.2 Å². The Morgan fingerprint density at radius 1 is 1.12 bits per heavy atom. The van der Waals surface area contributed by atoms with Crippen LogP contribution >= 0.6 is 0 Å². The molecular formula is C10H20N2O4. The van der Waals surface area contributed by atoms with Crippen molar-refractivity contribution >= 4 is 12.2 Å². The zero-order valence-electron chi connectivity index (χ0n) is 10.0. The van der Waals surface area contributed by atoms with Crippen molar-refractivity contribution < 1.29 is 19.1 Å². The van der Waals surface area contributed by atoms with Crippen LogP contribution < -0.4 is 10.6 Å². The highest BCUT2D eigenvalue weighted by molar-refractivity contribution is 5.67. The molecule has 0 rings (SSSR count). The zero-order valence-corrected chi connectivity index (χ0v) is 10.0. The molecule has 1 atom stereocenters. The van der Waals surface area contributed by atoms with Crippen molar-refractivity contribution in [3.05, 3.63) is 0 Å². The molecule has 0 aromatic rings. The summed E-state index contributed by atoms with van der Waals surface area (Å²) in [6.07, 6.45) is 0.924. The van der Waals surface area contributed by atoms with Crippen molar-refractivity contribution in [1.29, 1.82) is 0 Å². The van der Waals surface area contributed by atoms with Crippen LogP contribution in [0.4, 0.5) is 9.59 Å². The largest absolute Gasteiger partial charge is 0.453 e. The first-order valence-corrected chi connectivity index (χ1v) is 5.23. The summed E-state index contributed by atoms with van der Waals surface area (Å²) in [5, 5.41) is 5.21. The molecule has 0 bridgehead atoms. The van der Waals surface area contributed by atoms with Gasteiger partial charge < -0.3 is 20.1 Å². The van der Waals surface area contributed by atoms with E-state index in [1.807, 2.05) is 6.92 Å². The summed E-state index contributed by atoms with van der Waals surface area (Å²) in [7, 11) is 2.67. The fourth-order valence-corrected chi connectivity index (χ4v) is 1.14. The maximum absolute atomic E-state index is 10.8. The predicted molar refractivity (Wildman–Crippen MR) is 59.2 cm³/mol. The lowest BCUT2D eigenvalue weighted by Gasteiger charge is -2.11. The third-order valence-electron chi connectivity index (χ3n) is 2.11. The Labute approximate surface area is 95.7 Å². The highest BCUT2D eigenvalue weighted by atomic mass is 16.5. The number of methoxy groups -OCH3 is 2. The molecule has 1 unspecified atom stereocenters. The average molecular weight is 232 g/mol. The number of hydrogen-bond donors (Lipinski definition) is 2. The van der Waals surface area contributed by atoms with Gasteiger partial charge in [0.1, 0.15) is 0 Å². The number of amides is 2. The Hall–Kier alpha value is -1.46. The van der Waals surface area contributed by atoms with Gasteiger partial charge in [0.05, 0.1) is 14.2 Å². The van der Waals surface area contributed by atoms with Gasteiger partial charge in [0.15, 0.2) is 0 Å². The van der Waals surface area contributed by atoms with Gasteiger partial charge in [-0.2, -0.15) is 0 Å². The van der Waals surface area contributed by atoms with Crippen molar-refractivity contribution in [3.8, 4) is 0 Å². The minimum Gasteiger partial charge on any atom is -0.453 e. The van der Waals surface area contributed by atoms with Crippen LogP contribution in [0.15, 0.2) is 0 Å². The van der Waals surface area contributed by atoms with E-state index in [0.29, 0.717) is 19.0 Å². The van der Waals surface area contributed by atoms with E-state index in [2.05, 4.69) is 20.1 Å². The van der Waals surface area contributed by atoms with E-state index < -0.39 is 12.2 Å². The molecule has 6 heteroatoms. The van der Waals surface area contributed by atoms with E-state index in [1.54, 1.807) is 0 Å². The van der Waals surface area contributed by atoms with Crippen LogP contribution in [-0.2, 0) is 9.47 Å². The van der Waals surface area contributed by atoms with Crippen LogP contribution in [0.25, 0.3) is 0 Å². The third kappa shape index (κ3) is 7.90. The highest BCUT2D eigenvalue weighted by Crippen LogP contribution is 2.03. The van der Waals surface area contributed by atoms with Crippen molar-refractivity contribution in [2.24, 2.45) is 5.92 Å². The lowest BCUT2D eigenvalue weighted by molar-refractivity contribution is 0.169. The summed E-state index contributed by atoms with van der Waals surface area (Å²) in [6, 6.07) is 0. The monoisotopic (exact) mass is 232 g/mol. The van der Waals surface area contributed by atoms with E-state index in [4.69, 9.17) is 0 Å². The second kappa shape index (κ2) is 8.82. The molecule has 0 aliphatic heterocycles. The van der Waals surface area contributed by atoms with Gasteiger partial charge in [-0.05, 0) is 18.8 Å². The molecule has 0 saturated heterocycles. The molecule has 0 aliphatic rings.